The Bertz CT molecular complexity index is 784. The summed E-state index contributed by atoms with van der Waals surface area (Å²) in [5, 5.41) is 5.87. The summed E-state index contributed by atoms with van der Waals surface area (Å²) in [5.74, 6) is 0.738. The predicted octanol–water partition coefficient (Wildman–Crippen LogP) is 1.77. The molecule has 3 rings (SSSR count). The Kier molecular flexibility index (Phi) is 6.19. The number of methoxy groups -OCH3 is 1. The van der Waals surface area contributed by atoms with E-state index in [9.17, 15) is 9.59 Å². The second-order valence-electron chi connectivity index (χ2n) is 6.34. The molecular weight excluding hydrogens is 346 g/mol. The number of likely N-dealkylation sites (tertiary alicyclic amines) is 1. The van der Waals surface area contributed by atoms with Crippen LogP contribution in [0.2, 0.25) is 0 Å². The molecule has 1 fully saturated rings. The summed E-state index contributed by atoms with van der Waals surface area (Å²) in [5.41, 5.74) is 0.816. The number of piperidine rings is 1. The Morgan fingerprint density at radius 3 is 3.00 bits per heavy atom. The number of benzene rings is 1. The Morgan fingerprint density at radius 2 is 2.22 bits per heavy atom. The molecule has 0 saturated carbocycles. The van der Waals surface area contributed by atoms with Gasteiger partial charge in [-0.3, -0.25) is 14.6 Å². The lowest BCUT2D eigenvalue weighted by Gasteiger charge is -2.32. The first-order valence-electron chi connectivity index (χ1n) is 8.88. The van der Waals surface area contributed by atoms with Gasteiger partial charge >= 0.3 is 0 Å². The van der Waals surface area contributed by atoms with E-state index in [1.54, 1.807) is 18.2 Å². The van der Waals surface area contributed by atoms with E-state index in [0.29, 0.717) is 18.9 Å². The SMILES string of the molecule is COc1cccc(NCC(=O)N2CCCC(C(=O)Nc3cnccn3)C2)c1. The molecule has 8 heteroatoms. The maximum atomic E-state index is 12.5. The number of amides is 2. The number of ether oxygens (including phenoxy) is 1. The maximum absolute atomic E-state index is 12.5. The van der Waals surface area contributed by atoms with E-state index in [4.69, 9.17) is 4.74 Å². The molecule has 1 aromatic heterocycles. The van der Waals surface area contributed by atoms with E-state index in [1.165, 1.54) is 12.4 Å². The fraction of sp³-hybridized carbons (Fsp3) is 0.368. The molecule has 27 heavy (non-hydrogen) atoms. The summed E-state index contributed by atoms with van der Waals surface area (Å²) < 4.78 is 5.18. The molecule has 0 radical (unpaired) electrons. The molecule has 1 atom stereocenters. The first-order valence-corrected chi connectivity index (χ1v) is 8.88. The highest BCUT2D eigenvalue weighted by atomic mass is 16.5. The molecule has 2 N–H and O–H groups in total. The predicted molar refractivity (Wildman–Crippen MR) is 101 cm³/mol. The van der Waals surface area contributed by atoms with Gasteiger partial charge in [0.15, 0.2) is 5.82 Å². The Morgan fingerprint density at radius 1 is 1.33 bits per heavy atom. The van der Waals surface area contributed by atoms with Crippen LogP contribution in [0.5, 0.6) is 5.75 Å². The smallest absolute Gasteiger partial charge is 0.241 e. The van der Waals surface area contributed by atoms with E-state index >= 15 is 0 Å². The average molecular weight is 369 g/mol. The van der Waals surface area contributed by atoms with Crippen LogP contribution in [0.4, 0.5) is 11.5 Å². The molecule has 0 bridgehead atoms. The first-order chi connectivity index (χ1) is 13.2. The lowest BCUT2D eigenvalue weighted by atomic mass is 9.97. The number of carbonyl (C=O) groups excluding carboxylic acids is 2. The largest absolute Gasteiger partial charge is 0.497 e. The van der Waals surface area contributed by atoms with Gasteiger partial charge in [-0.15, -0.1) is 0 Å². The third kappa shape index (κ3) is 5.16. The minimum atomic E-state index is -0.249. The maximum Gasteiger partial charge on any atom is 0.241 e. The number of rotatable bonds is 6. The van der Waals surface area contributed by atoms with Crippen LogP contribution in [-0.4, -0.2) is 53.4 Å². The zero-order valence-electron chi connectivity index (χ0n) is 15.2. The third-order valence-electron chi connectivity index (χ3n) is 4.47. The van der Waals surface area contributed by atoms with Crippen molar-refractivity contribution in [2.24, 2.45) is 5.92 Å². The van der Waals surface area contributed by atoms with Crippen molar-refractivity contribution in [2.75, 3.05) is 37.4 Å². The first kappa shape index (κ1) is 18.6. The van der Waals surface area contributed by atoms with E-state index < -0.39 is 0 Å². The van der Waals surface area contributed by atoms with Gasteiger partial charge in [-0.2, -0.15) is 0 Å². The number of hydrogen-bond donors (Lipinski definition) is 2. The molecular formula is C19H23N5O3. The minimum absolute atomic E-state index is 0.0326. The highest BCUT2D eigenvalue weighted by molar-refractivity contribution is 5.92. The molecule has 1 saturated heterocycles. The second-order valence-corrected chi connectivity index (χ2v) is 6.34. The molecule has 1 aromatic carbocycles. The number of hydrogen-bond acceptors (Lipinski definition) is 6. The average Bonchev–Trinajstić information content (AvgIpc) is 2.73. The zero-order valence-corrected chi connectivity index (χ0v) is 15.2. The summed E-state index contributed by atoms with van der Waals surface area (Å²) in [6.45, 7) is 1.24. The molecule has 142 valence electrons. The van der Waals surface area contributed by atoms with Crippen LogP contribution in [0.3, 0.4) is 0 Å². The topological polar surface area (TPSA) is 96.5 Å². The highest BCUT2D eigenvalue weighted by Crippen LogP contribution is 2.19. The van der Waals surface area contributed by atoms with Crippen molar-refractivity contribution in [2.45, 2.75) is 12.8 Å². The number of nitrogens with zero attached hydrogens (tertiary/aromatic N) is 3. The van der Waals surface area contributed by atoms with Crippen LogP contribution in [0.1, 0.15) is 12.8 Å². The molecule has 1 aliphatic heterocycles. The Balaban J connectivity index is 1.52. The summed E-state index contributed by atoms with van der Waals surface area (Å²) in [7, 11) is 1.60. The molecule has 0 aliphatic carbocycles. The molecule has 8 nitrogen and oxygen atoms in total. The highest BCUT2D eigenvalue weighted by Gasteiger charge is 2.28. The molecule has 0 spiro atoms. The third-order valence-corrected chi connectivity index (χ3v) is 4.47. The van der Waals surface area contributed by atoms with Crippen molar-refractivity contribution in [3.63, 3.8) is 0 Å². The number of aromatic nitrogens is 2. The van der Waals surface area contributed by atoms with Gasteiger partial charge in [-0.1, -0.05) is 6.07 Å². The monoisotopic (exact) mass is 369 g/mol. The quantitative estimate of drug-likeness (QED) is 0.806. The van der Waals surface area contributed by atoms with Gasteiger partial charge in [-0.25, -0.2) is 4.98 Å². The van der Waals surface area contributed by atoms with E-state index in [2.05, 4.69) is 20.6 Å². The van der Waals surface area contributed by atoms with Crippen molar-refractivity contribution in [1.29, 1.82) is 0 Å². The van der Waals surface area contributed by atoms with Crippen LogP contribution in [0.15, 0.2) is 42.9 Å². The van der Waals surface area contributed by atoms with E-state index in [0.717, 1.165) is 24.3 Å². The van der Waals surface area contributed by atoms with Gasteiger partial charge in [0.2, 0.25) is 11.8 Å². The summed E-state index contributed by atoms with van der Waals surface area (Å²) >= 11 is 0. The fourth-order valence-electron chi connectivity index (χ4n) is 3.03. The lowest BCUT2D eigenvalue weighted by molar-refractivity contribution is -0.132. The number of carbonyl (C=O) groups is 2. The van der Waals surface area contributed by atoms with Crippen molar-refractivity contribution < 1.29 is 14.3 Å². The number of anilines is 2. The van der Waals surface area contributed by atoms with Gasteiger partial charge in [0, 0.05) is 37.2 Å². The summed E-state index contributed by atoms with van der Waals surface area (Å²) in [6, 6.07) is 7.42. The molecule has 2 aromatic rings. The molecule has 2 heterocycles. The van der Waals surface area contributed by atoms with E-state index in [1.807, 2.05) is 24.3 Å². The van der Waals surface area contributed by atoms with Crippen LogP contribution in [0, 0.1) is 5.92 Å². The Hall–Kier alpha value is -3.16. The van der Waals surface area contributed by atoms with Crippen LogP contribution < -0.4 is 15.4 Å². The number of nitrogens with one attached hydrogen (secondary N) is 2. The van der Waals surface area contributed by atoms with Gasteiger partial charge < -0.3 is 20.3 Å². The van der Waals surface area contributed by atoms with Crippen LogP contribution in [-0.2, 0) is 9.59 Å². The zero-order chi connectivity index (χ0) is 19.1. The van der Waals surface area contributed by atoms with E-state index in [-0.39, 0.29) is 24.3 Å². The van der Waals surface area contributed by atoms with Crippen LogP contribution in [0.25, 0.3) is 0 Å². The van der Waals surface area contributed by atoms with Gasteiger partial charge in [0.05, 0.1) is 25.8 Å². The Labute approximate surface area is 158 Å². The fourth-order valence-corrected chi connectivity index (χ4v) is 3.03. The summed E-state index contributed by atoms with van der Waals surface area (Å²) in [4.78, 5) is 34.7. The van der Waals surface area contributed by atoms with Gasteiger partial charge in [-0.05, 0) is 25.0 Å². The van der Waals surface area contributed by atoms with Crippen molar-refractivity contribution in [3.05, 3.63) is 42.9 Å². The van der Waals surface area contributed by atoms with Crippen molar-refractivity contribution in [3.8, 4) is 5.75 Å². The van der Waals surface area contributed by atoms with Gasteiger partial charge in [0.1, 0.15) is 5.75 Å². The van der Waals surface area contributed by atoms with Gasteiger partial charge in [0.25, 0.3) is 0 Å². The molecule has 1 aliphatic rings. The second kappa shape index (κ2) is 8.98. The van der Waals surface area contributed by atoms with Crippen LogP contribution >= 0.6 is 0 Å². The normalized spacial score (nSPS) is 16.5. The minimum Gasteiger partial charge on any atom is -0.497 e. The van der Waals surface area contributed by atoms with Crippen molar-refractivity contribution in [1.82, 2.24) is 14.9 Å². The van der Waals surface area contributed by atoms with Crippen molar-refractivity contribution >= 4 is 23.3 Å². The molecule has 2 amide bonds. The standard InChI is InChI=1S/C19H23N5O3/c1-27-16-6-2-5-15(10-16)22-12-18(25)24-9-3-4-14(13-24)19(26)23-17-11-20-7-8-21-17/h2,5-8,10-11,14,22H,3-4,9,12-13H2,1H3,(H,21,23,26). The lowest BCUT2D eigenvalue weighted by Crippen LogP contribution is -2.45. The summed E-state index contributed by atoms with van der Waals surface area (Å²) in [6.07, 6.45) is 6.12. The molecule has 1 unspecified atom stereocenters.